The zero-order valence-corrected chi connectivity index (χ0v) is 17.9. The summed E-state index contributed by atoms with van der Waals surface area (Å²) in [5, 5.41) is 12.1. The van der Waals surface area contributed by atoms with Gasteiger partial charge in [-0.3, -0.25) is 9.59 Å². The molecule has 0 heterocycles. The first kappa shape index (κ1) is 23.0. The predicted octanol–water partition coefficient (Wildman–Crippen LogP) is 5.77. The Bertz CT molecular complexity index is 746. The van der Waals surface area contributed by atoms with E-state index in [1.165, 1.54) is 18.4 Å². The van der Waals surface area contributed by atoms with Crippen molar-refractivity contribution in [3.05, 3.63) is 54.6 Å². The molecule has 0 saturated carbocycles. The molecule has 4 nitrogen and oxygen atoms in total. The zero-order chi connectivity index (χ0) is 20.9. The number of rotatable bonds is 13. The molecule has 1 amide bonds. The number of carboxylic acids is 1. The first-order valence-electron chi connectivity index (χ1n) is 10.4. The third-order valence-corrected chi connectivity index (χ3v) is 5.88. The minimum Gasteiger partial charge on any atom is -0.481 e. The number of carboxylic acid groups (broad SMARTS) is 1. The van der Waals surface area contributed by atoms with Crippen LogP contribution in [0.4, 0.5) is 0 Å². The molecule has 29 heavy (non-hydrogen) atoms. The number of carbonyl (C=O) groups excluding carboxylic acids is 1. The molecule has 2 N–H and O–H groups in total. The molecule has 2 aromatic rings. The highest BCUT2D eigenvalue weighted by Crippen LogP contribution is 2.25. The Hall–Kier alpha value is -2.27. The summed E-state index contributed by atoms with van der Waals surface area (Å²) in [4.78, 5) is 24.4. The number of aliphatic carboxylic acids is 1. The summed E-state index contributed by atoms with van der Waals surface area (Å²) < 4.78 is 0. The molecule has 0 saturated heterocycles. The van der Waals surface area contributed by atoms with Gasteiger partial charge in [0.1, 0.15) is 0 Å². The van der Waals surface area contributed by atoms with Crippen molar-refractivity contribution < 1.29 is 14.7 Å². The average Bonchev–Trinajstić information content (AvgIpc) is 2.72. The van der Waals surface area contributed by atoms with Gasteiger partial charge in [0.15, 0.2) is 0 Å². The second-order valence-corrected chi connectivity index (χ2v) is 8.32. The molecule has 0 unspecified atom stereocenters. The molecule has 0 aliphatic rings. The lowest BCUT2D eigenvalue weighted by atomic mass is 10.1. The van der Waals surface area contributed by atoms with Gasteiger partial charge >= 0.3 is 5.97 Å². The van der Waals surface area contributed by atoms with Crippen LogP contribution in [-0.2, 0) is 9.59 Å². The minimum absolute atomic E-state index is 0.0484. The van der Waals surface area contributed by atoms with Crippen LogP contribution in [0.1, 0.15) is 51.9 Å². The number of carbonyl (C=O) groups is 2. The van der Waals surface area contributed by atoms with Gasteiger partial charge in [0.05, 0.1) is 6.42 Å². The summed E-state index contributed by atoms with van der Waals surface area (Å²) in [6.07, 6.45) is 5.84. The van der Waals surface area contributed by atoms with Crippen LogP contribution >= 0.6 is 11.8 Å². The quantitative estimate of drug-likeness (QED) is 0.323. The van der Waals surface area contributed by atoms with Crippen LogP contribution in [0.2, 0.25) is 0 Å². The second kappa shape index (κ2) is 13.0. The highest BCUT2D eigenvalue weighted by Gasteiger charge is 2.16. The number of hydrogen-bond donors (Lipinski definition) is 2. The number of unbranched alkanes of at least 4 members (excludes halogenated alkanes) is 4. The zero-order valence-electron chi connectivity index (χ0n) is 17.1. The fraction of sp³-hybridized carbons (Fsp3) is 0.417. The lowest BCUT2D eigenvalue weighted by molar-refractivity contribution is -0.137. The SMILES string of the molecule is CCCCCCCC(=O)N[C@H](CSc1ccc(-c2ccccc2)cc1)CC(=O)O. The van der Waals surface area contributed by atoms with Crippen LogP contribution in [-0.4, -0.2) is 28.8 Å². The number of nitrogens with one attached hydrogen (secondary N) is 1. The molecular weight excluding hydrogens is 382 g/mol. The maximum Gasteiger partial charge on any atom is 0.305 e. The third kappa shape index (κ3) is 9.18. The molecule has 0 spiro atoms. The second-order valence-electron chi connectivity index (χ2n) is 7.23. The molecule has 0 radical (unpaired) electrons. The topological polar surface area (TPSA) is 66.4 Å². The Labute approximate surface area is 178 Å². The molecule has 2 rings (SSSR count). The van der Waals surface area contributed by atoms with E-state index in [1.54, 1.807) is 11.8 Å². The Kier molecular flexibility index (Phi) is 10.4. The van der Waals surface area contributed by atoms with Gasteiger partial charge in [0, 0.05) is 23.1 Å². The highest BCUT2D eigenvalue weighted by molar-refractivity contribution is 7.99. The molecule has 2 aromatic carbocycles. The number of amides is 1. The van der Waals surface area contributed by atoms with Gasteiger partial charge in [-0.15, -0.1) is 11.8 Å². The monoisotopic (exact) mass is 413 g/mol. The van der Waals surface area contributed by atoms with Gasteiger partial charge in [-0.2, -0.15) is 0 Å². The van der Waals surface area contributed by atoms with Crippen molar-refractivity contribution >= 4 is 23.6 Å². The van der Waals surface area contributed by atoms with E-state index in [-0.39, 0.29) is 18.4 Å². The Morgan fingerprint density at radius 1 is 0.931 bits per heavy atom. The lowest BCUT2D eigenvalue weighted by Gasteiger charge is -2.17. The van der Waals surface area contributed by atoms with Crippen molar-refractivity contribution in [3.63, 3.8) is 0 Å². The van der Waals surface area contributed by atoms with Crippen molar-refractivity contribution in [1.29, 1.82) is 0 Å². The number of benzene rings is 2. The first-order chi connectivity index (χ1) is 14.1. The molecule has 0 aromatic heterocycles. The van der Waals surface area contributed by atoms with Crippen molar-refractivity contribution in [2.45, 2.75) is 62.8 Å². The van der Waals surface area contributed by atoms with Crippen LogP contribution in [0, 0.1) is 0 Å². The van der Waals surface area contributed by atoms with Crippen molar-refractivity contribution in [3.8, 4) is 11.1 Å². The summed E-state index contributed by atoms with van der Waals surface area (Å²) >= 11 is 1.57. The number of thioether (sulfide) groups is 1. The molecule has 0 fully saturated rings. The minimum atomic E-state index is -0.890. The van der Waals surface area contributed by atoms with Crippen molar-refractivity contribution in [2.24, 2.45) is 0 Å². The van der Waals surface area contributed by atoms with E-state index in [2.05, 4.69) is 36.5 Å². The van der Waals surface area contributed by atoms with E-state index in [0.29, 0.717) is 12.2 Å². The van der Waals surface area contributed by atoms with Gasteiger partial charge < -0.3 is 10.4 Å². The molecule has 0 aliphatic carbocycles. The van der Waals surface area contributed by atoms with Gasteiger partial charge in [-0.25, -0.2) is 0 Å². The van der Waals surface area contributed by atoms with Gasteiger partial charge in [-0.1, -0.05) is 75.1 Å². The van der Waals surface area contributed by atoms with E-state index in [1.807, 2.05) is 30.3 Å². The third-order valence-electron chi connectivity index (χ3n) is 4.71. The van der Waals surface area contributed by atoms with Crippen LogP contribution in [0.15, 0.2) is 59.5 Å². The first-order valence-corrected chi connectivity index (χ1v) is 11.4. The average molecular weight is 414 g/mol. The Balaban J connectivity index is 1.83. The molecule has 0 bridgehead atoms. The van der Waals surface area contributed by atoms with E-state index in [4.69, 9.17) is 5.11 Å². The fourth-order valence-corrected chi connectivity index (χ4v) is 4.05. The van der Waals surface area contributed by atoms with Crippen molar-refractivity contribution in [2.75, 3.05) is 5.75 Å². The maximum absolute atomic E-state index is 12.2. The smallest absolute Gasteiger partial charge is 0.305 e. The summed E-state index contributed by atoms with van der Waals surface area (Å²) in [5.41, 5.74) is 2.31. The van der Waals surface area contributed by atoms with Crippen LogP contribution < -0.4 is 5.32 Å². The normalized spacial score (nSPS) is 11.8. The molecule has 1 atom stereocenters. The highest BCUT2D eigenvalue weighted by atomic mass is 32.2. The fourth-order valence-electron chi connectivity index (χ4n) is 3.12. The summed E-state index contributed by atoms with van der Waals surface area (Å²) in [6.45, 7) is 2.16. The van der Waals surface area contributed by atoms with Gasteiger partial charge in [-0.05, 0) is 29.7 Å². The van der Waals surface area contributed by atoms with Gasteiger partial charge in [0.2, 0.25) is 5.91 Å². The Morgan fingerprint density at radius 3 is 2.24 bits per heavy atom. The summed E-state index contributed by atoms with van der Waals surface area (Å²) in [6, 6.07) is 18.0. The summed E-state index contributed by atoms with van der Waals surface area (Å²) in [7, 11) is 0. The lowest BCUT2D eigenvalue weighted by Crippen LogP contribution is -2.38. The van der Waals surface area contributed by atoms with Crippen LogP contribution in [0.5, 0.6) is 0 Å². The molecule has 156 valence electrons. The largest absolute Gasteiger partial charge is 0.481 e. The van der Waals surface area contributed by atoms with Crippen LogP contribution in [0.25, 0.3) is 11.1 Å². The van der Waals surface area contributed by atoms with Crippen molar-refractivity contribution in [1.82, 2.24) is 5.32 Å². The molecular formula is C24H31NO3S. The van der Waals surface area contributed by atoms with E-state index in [0.717, 1.165) is 29.7 Å². The predicted molar refractivity (Wildman–Crippen MR) is 120 cm³/mol. The number of hydrogen-bond acceptors (Lipinski definition) is 3. The van der Waals surface area contributed by atoms with Crippen LogP contribution in [0.3, 0.4) is 0 Å². The maximum atomic E-state index is 12.2. The molecule has 5 heteroatoms. The summed E-state index contributed by atoms with van der Waals surface area (Å²) in [5.74, 6) is -0.399. The molecule has 0 aliphatic heterocycles. The van der Waals surface area contributed by atoms with E-state index in [9.17, 15) is 9.59 Å². The standard InChI is InChI=1S/C24H31NO3S/c1-2-3-4-5-9-12-23(26)25-21(17-24(27)28)18-29-22-15-13-20(14-16-22)19-10-7-6-8-11-19/h6-8,10-11,13-16,21H,2-5,9,12,17-18H2,1H3,(H,25,26)(H,27,28)/t21-/m0/s1. The van der Waals surface area contributed by atoms with Gasteiger partial charge in [0.25, 0.3) is 0 Å². The van der Waals surface area contributed by atoms with E-state index >= 15 is 0 Å². The Morgan fingerprint density at radius 2 is 1.59 bits per heavy atom. The van der Waals surface area contributed by atoms with E-state index < -0.39 is 5.97 Å².